The first-order valence-corrected chi connectivity index (χ1v) is 4.45. The van der Waals surface area contributed by atoms with Gasteiger partial charge in [0, 0.05) is 16.9 Å². The van der Waals surface area contributed by atoms with Gasteiger partial charge in [0.1, 0.15) is 6.10 Å². The van der Waals surface area contributed by atoms with E-state index in [2.05, 4.69) is 0 Å². The monoisotopic (exact) mass is 205 g/mol. The van der Waals surface area contributed by atoms with Crippen LogP contribution >= 0.6 is 0 Å². The summed E-state index contributed by atoms with van der Waals surface area (Å²) in [7, 11) is 0. The van der Waals surface area contributed by atoms with Crippen LogP contribution in [0.2, 0.25) is 0 Å². The summed E-state index contributed by atoms with van der Waals surface area (Å²) in [6, 6.07) is -2.24. The van der Waals surface area contributed by atoms with Crippen molar-refractivity contribution in [3.8, 4) is 0 Å². The lowest BCUT2D eigenvalue weighted by Gasteiger charge is -2.36. The van der Waals surface area contributed by atoms with Gasteiger partial charge in [-0.2, -0.15) is 5.48 Å². The summed E-state index contributed by atoms with van der Waals surface area (Å²) >= 11 is 0. The average molecular weight is 205 g/mol. The Hall–Kier alpha value is -0.760. The molecule has 5 N–H and O–H groups in total. The van der Waals surface area contributed by atoms with Crippen LogP contribution in [0.3, 0.4) is 0 Å². The molecule has 0 amide bonds. The van der Waals surface area contributed by atoms with E-state index in [9.17, 15) is 15.2 Å². The molecule has 0 aromatic rings. The topological polar surface area (TPSA) is 122 Å². The highest BCUT2D eigenvalue weighted by Crippen LogP contribution is 2.25. The quantitative estimate of drug-likeness (QED) is 0.328. The summed E-state index contributed by atoms with van der Waals surface area (Å²) in [5.41, 5.74) is 7.52. The molecule has 0 aliphatic heterocycles. The summed E-state index contributed by atoms with van der Waals surface area (Å²) in [6.07, 6.45) is -0.881. The first-order valence-electron chi connectivity index (χ1n) is 4.45. The average Bonchev–Trinajstić information content (AvgIpc) is 2.11. The van der Waals surface area contributed by atoms with Gasteiger partial charge in [-0.1, -0.05) is 6.92 Å². The molecule has 0 saturated heterocycles. The Kier molecular flexibility index (Phi) is 3.38. The summed E-state index contributed by atoms with van der Waals surface area (Å²) < 4.78 is 0. The second kappa shape index (κ2) is 4.18. The molecule has 0 aromatic heterocycles. The molecule has 7 nitrogen and oxygen atoms in total. The summed E-state index contributed by atoms with van der Waals surface area (Å²) in [5, 5.41) is 28.9. The molecule has 1 fully saturated rings. The first kappa shape index (κ1) is 11.3. The van der Waals surface area contributed by atoms with Crippen molar-refractivity contribution in [1.29, 1.82) is 0 Å². The van der Waals surface area contributed by atoms with Crippen LogP contribution < -0.4 is 11.2 Å². The molecule has 7 heteroatoms. The molecule has 1 aliphatic rings. The molecule has 0 aromatic carbocycles. The third-order valence-corrected chi connectivity index (χ3v) is 2.91. The predicted octanol–water partition coefficient (Wildman–Crippen LogP) is -1.29. The fourth-order valence-corrected chi connectivity index (χ4v) is 1.90. The highest BCUT2D eigenvalue weighted by Gasteiger charge is 2.47. The van der Waals surface area contributed by atoms with Crippen LogP contribution in [-0.4, -0.2) is 39.5 Å². The number of nitro groups is 1. The minimum absolute atomic E-state index is 0.323. The molecule has 1 aliphatic carbocycles. The molecule has 0 spiro atoms. The Morgan fingerprint density at radius 3 is 2.64 bits per heavy atom. The molecule has 14 heavy (non-hydrogen) atoms. The maximum Gasteiger partial charge on any atom is 0.244 e. The number of aliphatic hydroxyl groups is 1. The van der Waals surface area contributed by atoms with Gasteiger partial charge in [-0.05, 0) is 6.42 Å². The maximum absolute atomic E-state index is 10.7. The Morgan fingerprint density at radius 2 is 2.21 bits per heavy atom. The van der Waals surface area contributed by atoms with Crippen molar-refractivity contribution in [1.82, 2.24) is 5.48 Å². The molecule has 1 saturated carbocycles. The molecule has 82 valence electrons. The lowest BCUT2D eigenvalue weighted by Crippen LogP contribution is -2.60. The minimum atomic E-state index is -1.20. The second-order valence-electron chi connectivity index (χ2n) is 3.76. The molecular formula is C7H15N3O4. The molecule has 1 rings (SSSR count). The Labute approximate surface area is 81.0 Å². The van der Waals surface area contributed by atoms with Crippen LogP contribution in [0.5, 0.6) is 0 Å². The van der Waals surface area contributed by atoms with E-state index in [0.29, 0.717) is 6.42 Å². The number of nitrogens with two attached hydrogens (primary N) is 1. The molecule has 5 atom stereocenters. The molecule has 0 heterocycles. The first-order chi connectivity index (χ1) is 6.49. The maximum atomic E-state index is 10.7. The van der Waals surface area contributed by atoms with E-state index in [1.54, 1.807) is 6.92 Å². The van der Waals surface area contributed by atoms with E-state index >= 15 is 0 Å². The van der Waals surface area contributed by atoms with Crippen LogP contribution in [0, 0.1) is 16.0 Å². The summed E-state index contributed by atoms with van der Waals surface area (Å²) in [4.78, 5) is 10.1. The number of nitrogens with one attached hydrogen (secondary N) is 1. The molecule has 5 unspecified atom stereocenters. The number of nitrogens with zero attached hydrogens (tertiary/aromatic N) is 1. The Balaban J connectivity index is 2.83. The van der Waals surface area contributed by atoms with Gasteiger partial charge in [0.05, 0.1) is 6.04 Å². The Bertz CT molecular complexity index is 225. The van der Waals surface area contributed by atoms with E-state index in [4.69, 9.17) is 10.9 Å². The number of hydrogen-bond donors (Lipinski definition) is 4. The van der Waals surface area contributed by atoms with Gasteiger partial charge in [-0.3, -0.25) is 10.1 Å². The SMILES string of the molecule is CC1C(N)CC(NO)C(O)C1[N+](=O)[O-]. The van der Waals surface area contributed by atoms with Gasteiger partial charge in [0.25, 0.3) is 0 Å². The minimum Gasteiger partial charge on any atom is -0.384 e. The lowest BCUT2D eigenvalue weighted by atomic mass is 9.78. The third kappa shape index (κ3) is 1.85. The standard InChI is InChI=1S/C7H15N3O4/c1-3-4(8)2-5(9-12)7(11)6(3)10(13)14/h3-7,9,11-12H,2,8H2,1H3. The number of hydroxylamine groups is 1. The van der Waals surface area contributed by atoms with Crippen LogP contribution in [0.1, 0.15) is 13.3 Å². The second-order valence-corrected chi connectivity index (χ2v) is 3.76. The zero-order valence-electron chi connectivity index (χ0n) is 7.83. The fourth-order valence-electron chi connectivity index (χ4n) is 1.90. The van der Waals surface area contributed by atoms with Crippen LogP contribution in [0.15, 0.2) is 0 Å². The van der Waals surface area contributed by atoms with Crippen molar-refractivity contribution in [2.24, 2.45) is 11.7 Å². The van der Waals surface area contributed by atoms with E-state index in [-0.39, 0.29) is 0 Å². The fraction of sp³-hybridized carbons (Fsp3) is 1.00. The van der Waals surface area contributed by atoms with E-state index in [1.807, 2.05) is 5.48 Å². The van der Waals surface area contributed by atoms with E-state index in [1.165, 1.54) is 0 Å². The van der Waals surface area contributed by atoms with Gasteiger partial charge in [0.2, 0.25) is 6.04 Å². The molecule has 0 bridgehead atoms. The van der Waals surface area contributed by atoms with Gasteiger partial charge >= 0.3 is 0 Å². The van der Waals surface area contributed by atoms with E-state index < -0.39 is 35.1 Å². The zero-order chi connectivity index (χ0) is 10.9. The molecule has 0 radical (unpaired) electrons. The summed E-state index contributed by atoms with van der Waals surface area (Å²) in [5.74, 6) is -0.399. The molecular weight excluding hydrogens is 190 g/mol. The van der Waals surface area contributed by atoms with Gasteiger partial charge < -0.3 is 16.0 Å². The number of hydrogen-bond acceptors (Lipinski definition) is 6. The lowest BCUT2D eigenvalue weighted by molar-refractivity contribution is -0.548. The smallest absolute Gasteiger partial charge is 0.244 e. The number of aliphatic hydroxyl groups excluding tert-OH is 1. The van der Waals surface area contributed by atoms with Crippen LogP contribution in [0.4, 0.5) is 0 Å². The van der Waals surface area contributed by atoms with Gasteiger partial charge in [0.15, 0.2) is 0 Å². The normalized spacial score (nSPS) is 43.6. The van der Waals surface area contributed by atoms with Gasteiger partial charge in [-0.25, -0.2) is 0 Å². The highest BCUT2D eigenvalue weighted by atomic mass is 16.6. The van der Waals surface area contributed by atoms with Crippen molar-refractivity contribution in [3.63, 3.8) is 0 Å². The summed E-state index contributed by atoms with van der Waals surface area (Å²) in [6.45, 7) is 1.63. The van der Waals surface area contributed by atoms with Crippen molar-refractivity contribution >= 4 is 0 Å². The predicted molar refractivity (Wildman–Crippen MR) is 47.3 cm³/mol. The Morgan fingerprint density at radius 1 is 1.64 bits per heavy atom. The largest absolute Gasteiger partial charge is 0.384 e. The van der Waals surface area contributed by atoms with Crippen molar-refractivity contribution < 1.29 is 15.2 Å². The van der Waals surface area contributed by atoms with Crippen LogP contribution in [0.25, 0.3) is 0 Å². The highest BCUT2D eigenvalue weighted by molar-refractivity contribution is 4.95. The zero-order valence-corrected chi connectivity index (χ0v) is 7.83. The third-order valence-electron chi connectivity index (χ3n) is 2.91. The number of rotatable bonds is 2. The van der Waals surface area contributed by atoms with Gasteiger partial charge in [-0.15, -0.1) is 0 Å². The van der Waals surface area contributed by atoms with Crippen molar-refractivity contribution in [2.75, 3.05) is 0 Å². The van der Waals surface area contributed by atoms with E-state index in [0.717, 1.165) is 0 Å². The van der Waals surface area contributed by atoms with Crippen molar-refractivity contribution in [2.45, 2.75) is 37.6 Å². The van der Waals surface area contributed by atoms with Crippen molar-refractivity contribution in [3.05, 3.63) is 10.1 Å². The van der Waals surface area contributed by atoms with Crippen LogP contribution in [-0.2, 0) is 0 Å².